The van der Waals surface area contributed by atoms with Crippen molar-refractivity contribution in [3.8, 4) is 0 Å². The predicted molar refractivity (Wildman–Crippen MR) is 253 cm³/mol. The molecule has 12 bridgehead atoms. The second-order valence-electron chi connectivity index (χ2n) is 18.4. The Morgan fingerprint density at radius 3 is 0.533 bits per heavy atom. The van der Waals surface area contributed by atoms with E-state index in [0.717, 1.165) is 64.6 Å². The van der Waals surface area contributed by atoms with Gasteiger partial charge in [0.05, 0.1) is 0 Å². The van der Waals surface area contributed by atoms with Crippen molar-refractivity contribution in [2.24, 2.45) is 0 Å². The summed E-state index contributed by atoms with van der Waals surface area (Å²) in [5.74, 6) is 0. The summed E-state index contributed by atoms with van der Waals surface area (Å²) in [5, 5.41) is 10.9. The minimum atomic E-state index is -0.0773. The average Bonchev–Trinajstić information content (AvgIpc) is 3.21. The molecule has 0 aliphatic carbocycles. The Labute approximate surface area is 358 Å². The minimum absolute atomic E-state index is 0.0773. The summed E-state index contributed by atoms with van der Waals surface area (Å²) in [4.78, 5) is 0. The zero-order valence-electron chi connectivity index (χ0n) is 36.1. The molecule has 0 aromatic heterocycles. The molecule has 0 N–H and O–H groups in total. The maximum Gasteiger partial charge on any atom is 0.0264 e. The molecule has 0 heterocycles. The molecule has 7 aromatic carbocycles. The maximum atomic E-state index is 3.43. The Balaban J connectivity index is 1.50. The number of hydrogen-bond acceptors (Lipinski definition) is 0. The highest BCUT2D eigenvalue weighted by molar-refractivity contribution is 5.73. The SMILES string of the molecule is CC(C)(C)c1cc2c#cc3cccc(c#cc4cc(C(C)(C)C)cc(c#cc5cccc(c#cc6cc(C(C)(C)C)cc(c#cc7cccc(c#cc(c1)c2)c7)c6)c5)c4)c3. The van der Waals surface area contributed by atoms with Gasteiger partial charge in [-0.1, -0.05) is 153 Å². The predicted octanol–water partition coefficient (Wildman–Crippen LogP) is 15.2. The van der Waals surface area contributed by atoms with Crippen LogP contribution in [-0.4, -0.2) is 0 Å². The first kappa shape index (κ1) is 40.9. The molecule has 0 saturated heterocycles. The number of rotatable bonds is 0. The quantitative estimate of drug-likeness (QED) is 0.144. The van der Waals surface area contributed by atoms with Crippen molar-refractivity contribution < 1.29 is 0 Å². The summed E-state index contributed by atoms with van der Waals surface area (Å²) in [7, 11) is 0. The molecule has 0 aliphatic rings. The molecule has 288 valence electrons. The normalized spacial score (nSPS) is 10.9. The van der Waals surface area contributed by atoms with Gasteiger partial charge in [-0.05, 0) is 142 Å². The van der Waals surface area contributed by atoms with Crippen molar-refractivity contribution in [2.75, 3.05) is 0 Å². The Morgan fingerprint density at radius 1 is 0.217 bits per heavy atom. The van der Waals surface area contributed by atoms with Crippen LogP contribution >= 0.6 is 0 Å². The van der Waals surface area contributed by atoms with E-state index in [0.29, 0.717) is 0 Å². The largest absolute Gasteiger partial charge is 0.0616 e. The van der Waals surface area contributed by atoms with Gasteiger partial charge in [0.2, 0.25) is 0 Å². The van der Waals surface area contributed by atoms with E-state index in [1.54, 1.807) is 0 Å². The first-order valence-corrected chi connectivity index (χ1v) is 20.4. The van der Waals surface area contributed by atoms with Crippen LogP contribution in [0, 0.1) is 72.8 Å². The van der Waals surface area contributed by atoms with Crippen molar-refractivity contribution in [3.05, 3.63) is 217 Å². The molecule has 0 unspecified atom stereocenters. The number of hydrogen-bond donors (Lipinski definition) is 0. The van der Waals surface area contributed by atoms with Crippen LogP contribution in [0.1, 0.15) is 79.0 Å². The summed E-state index contributed by atoms with van der Waals surface area (Å²) in [6.07, 6.45) is 0. The van der Waals surface area contributed by atoms with Gasteiger partial charge in [-0.15, -0.1) is 0 Å². The summed E-state index contributed by atoms with van der Waals surface area (Å²) >= 11 is 0. The molecule has 0 atom stereocenters. The van der Waals surface area contributed by atoms with E-state index in [2.05, 4.69) is 190 Å². The van der Waals surface area contributed by atoms with Gasteiger partial charge < -0.3 is 0 Å². The third-order valence-corrected chi connectivity index (χ3v) is 10.1. The Bertz CT molecular complexity index is 2540. The lowest BCUT2D eigenvalue weighted by Crippen LogP contribution is -2.10. The molecule has 0 radical (unpaired) electrons. The first-order chi connectivity index (χ1) is 28.5. The van der Waals surface area contributed by atoms with Crippen LogP contribution in [0.25, 0.3) is 64.6 Å². The molecule has 0 nitrogen and oxygen atoms in total. The maximum absolute atomic E-state index is 3.43. The molecule has 0 fully saturated rings. The summed E-state index contributed by atoms with van der Waals surface area (Å²) < 4.78 is 0. The highest BCUT2D eigenvalue weighted by Crippen LogP contribution is 2.27. The van der Waals surface area contributed by atoms with E-state index >= 15 is 0 Å². The number of fused-ring (bicyclic) bond motifs is 12. The highest BCUT2D eigenvalue weighted by atomic mass is 14.2. The third-order valence-electron chi connectivity index (χ3n) is 10.1. The smallest absolute Gasteiger partial charge is 0.0264 e. The van der Waals surface area contributed by atoms with Crippen LogP contribution in [0.5, 0.6) is 0 Å². The van der Waals surface area contributed by atoms with Gasteiger partial charge in [0, 0.05) is 64.6 Å². The van der Waals surface area contributed by atoms with Gasteiger partial charge in [0.1, 0.15) is 0 Å². The lowest BCUT2D eigenvalue weighted by atomic mass is 9.86. The summed E-state index contributed by atoms with van der Waals surface area (Å²) in [6.45, 7) is 19.9. The van der Waals surface area contributed by atoms with E-state index in [1.807, 2.05) is 72.8 Å². The lowest BCUT2D eigenvalue weighted by Gasteiger charge is -2.18. The van der Waals surface area contributed by atoms with Crippen molar-refractivity contribution in [3.63, 3.8) is 0 Å². The standard InChI is InChI=1S/C60H48/c1-58(2,3)55-37-49-25-19-43-13-10-15-45(31-43)21-27-51-35-53(41-56(39-51)59(4,5)6)29-23-47-17-12-18-48(33-47)24-30-54-36-52(40-57(42-54)60(7,8)9)28-22-46-16-11-14-44(32-46)20-26-50(34-49)38-55/h10-18,31-42H,1-9H3. The molecule has 60 heavy (non-hydrogen) atoms. The van der Waals surface area contributed by atoms with E-state index in [4.69, 9.17) is 0 Å². The van der Waals surface area contributed by atoms with Crippen molar-refractivity contribution in [2.45, 2.75) is 78.6 Å². The third kappa shape index (κ3) is 11.0. The molecule has 7 rings (SSSR count). The fourth-order valence-corrected chi connectivity index (χ4v) is 6.50. The van der Waals surface area contributed by atoms with Crippen LogP contribution in [0.3, 0.4) is 0 Å². The Morgan fingerprint density at radius 2 is 0.367 bits per heavy atom. The molecule has 0 saturated carbocycles. The Hall–Kier alpha value is -7.32. The van der Waals surface area contributed by atoms with Crippen LogP contribution < -0.4 is 0 Å². The molecule has 7 aromatic rings. The molecular formula is C60H48. The topological polar surface area (TPSA) is 0 Å². The second kappa shape index (κ2) is 16.9. The van der Waals surface area contributed by atoms with Crippen molar-refractivity contribution in [1.29, 1.82) is 0 Å². The van der Waals surface area contributed by atoms with Crippen molar-refractivity contribution >= 4 is 64.6 Å². The van der Waals surface area contributed by atoms with Gasteiger partial charge in [-0.2, -0.15) is 0 Å². The zero-order chi connectivity index (χ0) is 42.5. The molecule has 0 heteroatoms. The fraction of sp³-hybridized carbons (Fsp3) is 0.200. The summed E-state index contributed by atoms with van der Waals surface area (Å²) in [6, 6.07) is 84.6. The number of benzene rings is 6. The fourth-order valence-electron chi connectivity index (χ4n) is 6.50. The Kier molecular flexibility index (Phi) is 11.5. The van der Waals surface area contributed by atoms with Gasteiger partial charge in [-0.25, -0.2) is 0 Å². The van der Waals surface area contributed by atoms with Gasteiger partial charge in [0.15, 0.2) is 0 Å². The molecule has 0 aliphatic heterocycles. The highest BCUT2D eigenvalue weighted by Gasteiger charge is 2.15. The van der Waals surface area contributed by atoms with Crippen LogP contribution in [0.15, 0.2) is 127 Å². The van der Waals surface area contributed by atoms with Gasteiger partial charge in [0.25, 0.3) is 0 Å². The van der Waals surface area contributed by atoms with E-state index in [-0.39, 0.29) is 16.2 Å². The lowest BCUT2D eigenvalue weighted by molar-refractivity contribution is 0.591. The minimum Gasteiger partial charge on any atom is -0.0616 e. The van der Waals surface area contributed by atoms with Crippen LogP contribution in [-0.2, 0) is 16.2 Å². The zero-order valence-corrected chi connectivity index (χ0v) is 36.1. The van der Waals surface area contributed by atoms with Crippen LogP contribution in [0.4, 0.5) is 0 Å². The van der Waals surface area contributed by atoms with E-state index < -0.39 is 0 Å². The average molecular weight is 769 g/mol. The molecule has 0 spiro atoms. The monoisotopic (exact) mass is 768 g/mol. The first-order valence-electron chi connectivity index (χ1n) is 20.4. The van der Waals surface area contributed by atoms with Crippen LogP contribution in [0.2, 0.25) is 0 Å². The molecular weight excluding hydrogens is 721 g/mol. The van der Waals surface area contributed by atoms with Gasteiger partial charge in [-0.3, -0.25) is 0 Å². The van der Waals surface area contributed by atoms with E-state index in [1.165, 1.54) is 16.7 Å². The summed E-state index contributed by atoms with van der Waals surface area (Å²) in [5.41, 5.74) is 3.31. The second-order valence-corrected chi connectivity index (χ2v) is 18.4. The molecule has 0 amide bonds. The van der Waals surface area contributed by atoms with Crippen molar-refractivity contribution in [1.82, 2.24) is 0 Å². The van der Waals surface area contributed by atoms with Gasteiger partial charge >= 0.3 is 0 Å². The van der Waals surface area contributed by atoms with E-state index in [9.17, 15) is 0 Å².